The first kappa shape index (κ1) is 13.1. The van der Waals surface area contributed by atoms with Crippen LogP contribution in [-0.4, -0.2) is 15.3 Å². The van der Waals surface area contributed by atoms with E-state index in [-0.39, 0.29) is 5.78 Å². The lowest BCUT2D eigenvalue weighted by Crippen LogP contribution is -2.08. The van der Waals surface area contributed by atoms with Crippen molar-refractivity contribution in [1.29, 1.82) is 0 Å². The van der Waals surface area contributed by atoms with Crippen LogP contribution in [0.2, 0.25) is 0 Å². The Hall–Kier alpha value is -1.94. The predicted octanol–water partition coefficient (Wildman–Crippen LogP) is 3.85. The third-order valence-electron chi connectivity index (χ3n) is 3.38. The first-order valence-electron chi connectivity index (χ1n) is 6.73. The van der Waals surface area contributed by atoms with Gasteiger partial charge in [-0.05, 0) is 38.1 Å². The number of nitrogens with zero attached hydrogens (tertiary/aromatic N) is 2. The van der Waals surface area contributed by atoms with Crippen LogP contribution in [-0.2, 0) is 13.0 Å². The average molecular weight is 284 g/mol. The van der Waals surface area contributed by atoms with Gasteiger partial charge in [0.25, 0.3) is 0 Å². The van der Waals surface area contributed by atoms with Crippen molar-refractivity contribution < 1.29 is 4.79 Å². The number of hydrogen-bond acceptors (Lipinski definition) is 3. The van der Waals surface area contributed by atoms with Gasteiger partial charge in [-0.15, -0.1) is 11.3 Å². The first-order chi connectivity index (χ1) is 9.69. The van der Waals surface area contributed by atoms with E-state index >= 15 is 0 Å². The van der Waals surface area contributed by atoms with Gasteiger partial charge < -0.3 is 4.57 Å². The standard InChI is InChI=1S/C16H16N2OS/c1-3-18-13-7-5-4-6-12(13)17-16(18)10-14(19)15-9-8-11(2)20-15/h4-9H,3,10H2,1-2H3. The monoisotopic (exact) mass is 284 g/mol. The van der Waals surface area contributed by atoms with E-state index in [0.29, 0.717) is 6.42 Å². The van der Waals surface area contributed by atoms with Gasteiger partial charge in [-0.1, -0.05) is 12.1 Å². The minimum absolute atomic E-state index is 0.146. The van der Waals surface area contributed by atoms with Crippen LogP contribution in [0, 0.1) is 6.92 Å². The molecule has 0 aliphatic heterocycles. The Morgan fingerprint density at radius 3 is 2.75 bits per heavy atom. The number of carbonyl (C=O) groups is 1. The van der Waals surface area contributed by atoms with E-state index in [1.165, 1.54) is 0 Å². The number of fused-ring (bicyclic) bond motifs is 1. The highest BCUT2D eigenvalue weighted by atomic mass is 32.1. The Kier molecular flexibility index (Phi) is 3.40. The molecule has 0 aliphatic carbocycles. The van der Waals surface area contributed by atoms with Crippen LogP contribution >= 0.6 is 11.3 Å². The molecular weight excluding hydrogens is 268 g/mol. The number of aryl methyl sites for hydroxylation is 2. The van der Waals surface area contributed by atoms with E-state index in [4.69, 9.17) is 0 Å². The molecule has 2 aromatic heterocycles. The second kappa shape index (κ2) is 5.21. The molecule has 3 nitrogen and oxygen atoms in total. The molecule has 0 fully saturated rings. The fourth-order valence-corrected chi connectivity index (χ4v) is 3.23. The van der Waals surface area contributed by atoms with Crippen molar-refractivity contribution in [2.24, 2.45) is 0 Å². The highest BCUT2D eigenvalue weighted by Crippen LogP contribution is 2.20. The van der Waals surface area contributed by atoms with Crippen LogP contribution in [0.3, 0.4) is 0 Å². The zero-order valence-corrected chi connectivity index (χ0v) is 12.4. The van der Waals surface area contributed by atoms with Gasteiger partial charge in [0, 0.05) is 11.4 Å². The van der Waals surface area contributed by atoms with Crippen LogP contribution in [0.15, 0.2) is 36.4 Å². The van der Waals surface area contributed by atoms with E-state index in [1.807, 2.05) is 37.3 Å². The summed E-state index contributed by atoms with van der Waals surface area (Å²) in [5, 5.41) is 0. The van der Waals surface area contributed by atoms with Gasteiger partial charge in [0.05, 0.1) is 22.3 Å². The molecule has 0 spiro atoms. The summed E-state index contributed by atoms with van der Waals surface area (Å²) >= 11 is 1.55. The fraction of sp³-hybridized carbons (Fsp3) is 0.250. The molecule has 0 bridgehead atoms. The maximum Gasteiger partial charge on any atom is 0.180 e. The molecule has 3 rings (SSSR count). The number of aromatic nitrogens is 2. The molecule has 1 aromatic carbocycles. The summed E-state index contributed by atoms with van der Waals surface area (Å²) in [5.41, 5.74) is 2.06. The smallest absolute Gasteiger partial charge is 0.180 e. The molecule has 0 saturated carbocycles. The topological polar surface area (TPSA) is 34.9 Å². The molecule has 0 amide bonds. The van der Waals surface area contributed by atoms with Crippen molar-refractivity contribution >= 4 is 28.2 Å². The van der Waals surface area contributed by atoms with Gasteiger partial charge in [0.15, 0.2) is 5.78 Å². The molecular formula is C16H16N2OS. The molecule has 0 unspecified atom stereocenters. The lowest BCUT2D eigenvalue weighted by atomic mass is 10.2. The van der Waals surface area contributed by atoms with Crippen LogP contribution in [0.1, 0.15) is 27.3 Å². The van der Waals surface area contributed by atoms with Gasteiger partial charge in [0.1, 0.15) is 5.82 Å². The summed E-state index contributed by atoms with van der Waals surface area (Å²) in [5.74, 6) is 0.998. The minimum Gasteiger partial charge on any atom is -0.328 e. The van der Waals surface area contributed by atoms with Crippen molar-refractivity contribution in [2.45, 2.75) is 26.8 Å². The normalized spacial score (nSPS) is 11.1. The zero-order valence-electron chi connectivity index (χ0n) is 11.6. The van der Waals surface area contributed by atoms with Gasteiger partial charge in [-0.2, -0.15) is 0 Å². The number of imidazole rings is 1. The lowest BCUT2D eigenvalue weighted by Gasteiger charge is -2.04. The van der Waals surface area contributed by atoms with Gasteiger partial charge in [-0.3, -0.25) is 4.79 Å². The largest absolute Gasteiger partial charge is 0.328 e. The molecule has 0 N–H and O–H groups in total. The molecule has 0 saturated heterocycles. The highest BCUT2D eigenvalue weighted by Gasteiger charge is 2.15. The number of ketones is 1. The second-order valence-corrected chi connectivity index (χ2v) is 6.06. The van der Waals surface area contributed by atoms with E-state index in [0.717, 1.165) is 33.2 Å². The summed E-state index contributed by atoms with van der Waals surface area (Å²) in [6.45, 7) is 4.92. The lowest BCUT2D eigenvalue weighted by molar-refractivity contribution is 0.0994. The summed E-state index contributed by atoms with van der Waals surface area (Å²) < 4.78 is 2.12. The van der Waals surface area contributed by atoms with E-state index < -0.39 is 0 Å². The third kappa shape index (κ3) is 2.27. The Morgan fingerprint density at radius 1 is 1.25 bits per heavy atom. The Balaban J connectivity index is 1.96. The summed E-state index contributed by atoms with van der Waals surface area (Å²) in [4.78, 5) is 18.9. The van der Waals surface area contributed by atoms with Crippen molar-refractivity contribution in [1.82, 2.24) is 9.55 Å². The number of benzene rings is 1. The molecule has 20 heavy (non-hydrogen) atoms. The quantitative estimate of drug-likeness (QED) is 0.682. The maximum atomic E-state index is 12.3. The average Bonchev–Trinajstić information content (AvgIpc) is 3.01. The fourth-order valence-electron chi connectivity index (χ4n) is 2.43. The van der Waals surface area contributed by atoms with E-state index in [2.05, 4.69) is 22.5 Å². The molecule has 4 heteroatoms. The molecule has 0 radical (unpaired) electrons. The molecule has 102 valence electrons. The summed E-state index contributed by atoms with van der Waals surface area (Å²) in [7, 11) is 0. The van der Waals surface area contributed by atoms with Crippen LogP contribution in [0.5, 0.6) is 0 Å². The molecule has 0 atom stereocenters. The number of hydrogen-bond donors (Lipinski definition) is 0. The molecule has 3 aromatic rings. The van der Waals surface area contributed by atoms with Crippen molar-refractivity contribution in [3.8, 4) is 0 Å². The Labute approximate surface area is 121 Å². The van der Waals surface area contributed by atoms with Crippen molar-refractivity contribution in [3.05, 3.63) is 52.0 Å². The van der Waals surface area contributed by atoms with Gasteiger partial charge in [0.2, 0.25) is 0 Å². The number of para-hydroxylation sites is 2. The summed E-state index contributed by atoms with van der Waals surface area (Å²) in [6, 6.07) is 11.9. The van der Waals surface area contributed by atoms with Gasteiger partial charge in [-0.25, -0.2) is 4.98 Å². The predicted molar refractivity (Wildman–Crippen MR) is 82.5 cm³/mol. The Bertz CT molecular complexity index is 770. The van der Waals surface area contributed by atoms with Crippen LogP contribution in [0.25, 0.3) is 11.0 Å². The molecule has 2 heterocycles. The summed E-state index contributed by atoms with van der Waals surface area (Å²) in [6.07, 6.45) is 0.364. The minimum atomic E-state index is 0.146. The molecule has 0 aliphatic rings. The number of carbonyl (C=O) groups excluding carboxylic acids is 1. The first-order valence-corrected chi connectivity index (χ1v) is 7.54. The SMILES string of the molecule is CCn1c(CC(=O)c2ccc(C)s2)nc2ccccc21. The van der Waals surface area contributed by atoms with Crippen LogP contribution < -0.4 is 0 Å². The van der Waals surface area contributed by atoms with Crippen molar-refractivity contribution in [2.75, 3.05) is 0 Å². The number of thiophene rings is 1. The highest BCUT2D eigenvalue weighted by molar-refractivity contribution is 7.14. The van der Waals surface area contributed by atoms with Crippen molar-refractivity contribution in [3.63, 3.8) is 0 Å². The second-order valence-electron chi connectivity index (χ2n) is 4.77. The van der Waals surface area contributed by atoms with Crippen LogP contribution in [0.4, 0.5) is 0 Å². The van der Waals surface area contributed by atoms with E-state index in [9.17, 15) is 4.79 Å². The maximum absolute atomic E-state index is 12.3. The number of Topliss-reactive ketones (excluding diaryl/α,β-unsaturated/α-hetero) is 1. The van der Waals surface area contributed by atoms with E-state index in [1.54, 1.807) is 11.3 Å². The zero-order chi connectivity index (χ0) is 14.1. The van der Waals surface area contributed by atoms with Gasteiger partial charge >= 0.3 is 0 Å². The number of rotatable bonds is 4. The third-order valence-corrected chi connectivity index (χ3v) is 4.43. The Morgan fingerprint density at radius 2 is 2.05 bits per heavy atom.